The monoisotopic (exact) mass is 230 g/mol. The highest BCUT2D eigenvalue weighted by Gasteiger charge is 2.09. The Labute approximate surface area is 99.3 Å². The molecule has 0 spiro atoms. The molecule has 2 N–H and O–H groups in total. The molecule has 2 rings (SSSR count). The second-order valence-corrected chi connectivity index (χ2v) is 4.25. The Morgan fingerprint density at radius 3 is 2.71 bits per heavy atom. The zero-order valence-corrected chi connectivity index (χ0v) is 9.77. The van der Waals surface area contributed by atoms with Gasteiger partial charge in [-0.05, 0) is 23.6 Å². The van der Waals surface area contributed by atoms with E-state index in [1.165, 1.54) is 5.56 Å². The van der Waals surface area contributed by atoms with Gasteiger partial charge in [0.25, 0.3) is 0 Å². The van der Waals surface area contributed by atoms with Crippen molar-refractivity contribution in [3.05, 3.63) is 41.6 Å². The van der Waals surface area contributed by atoms with Gasteiger partial charge in [-0.1, -0.05) is 32.0 Å². The Balaban J connectivity index is 2.38. The number of hydrogen-bond acceptors (Lipinski definition) is 2. The summed E-state index contributed by atoms with van der Waals surface area (Å²) < 4.78 is 0. The van der Waals surface area contributed by atoms with E-state index >= 15 is 0 Å². The molecule has 0 saturated heterocycles. The summed E-state index contributed by atoms with van der Waals surface area (Å²) in [7, 11) is 0. The van der Waals surface area contributed by atoms with Gasteiger partial charge in [-0.15, -0.1) is 0 Å². The summed E-state index contributed by atoms with van der Waals surface area (Å²) in [5.74, 6) is -0.559. The third-order valence-electron chi connectivity index (χ3n) is 2.66. The fourth-order valence-corrected chi connectivity index (χ4v) is 1.64. The molecule has 2 aromatic rings. The van der Waals surface area contributed by atoms with E-state index in [1.807, 2.05) is 18.2 Å². The first-order valence-corrected chi connectivity index (χ1v) is 5.47. The summed E-state index contributed by atoms with van der Waals surface area (Å²) in [4.78, 5) is 10.7. The summed E-state index contributed by atoms with van der Waals surface area (Å²) in [5.41, 5.74) is 2.90. The molecule has 1 heterocycles. The minimum atomic E-state index is -0.997. The van der Waals surface area contributed by atoms with Crippen LogP contribution in [0.3, 0.4) is 0 Å². The number of aromatic amines is 1. The molecule has 4 nitrogen and oxygen atoms in total. The Hall–Kier alpha value is -2.10. The molecule has 0 amide bonds. The number of hydrogen-bond donors (Lipinski definition) is 2. The van der Waals surface area contributed by atoms with Gasteiger partial charge in [0, 0.05) is 5.56 Å². The second kappa shape index (κ2) is 4.41. The smallest absolute Gasteiger partial charge is 0.353 e. The lowest BCUT2D eigenvalue weighted by molar-refractivity contribution is 0.0690. The van der Waals surface area contributed by atoms with Crippen LogP contribution < -0.4 is 0 Å². The number of carboxylic acids is 1. The maximum atomic E-state index is 10.7. The highest BCUT2D eigenvalue weighted by molar-refractivity contribution is 5.86. The van der Waals surface area contributed by atoms with Gasteiger partial charge in [0.2, 0.25) is 0 Å². The van der Waals surface area contributed by atoms with Crippen molar-refractivity contribution in [2.75, 3.05) is 0 Å². The van der Waals surface area contributed by atoms with Crippen LogP contribution in [-0.4, -0.2) is 21.3 Å². The molecule has 17 heavy (non-hydrogen) atoms. The number of nitrogens with one attached hydrogen (secondary N) is 1. The number of rotatable bonds is 3. The Morgan fingerprint density at radius 2 is 2.12 bits per heavy atom. The first kappa shape index (κ1) is 11.4. The standard InChI is InChI=1S/C13H14N2O2/c1-8(2)9-4-3-5-10(6-9)11-7-12(13(16)17)15-14-11/h3-8H,1-2H3,(H,14,15)(H,16,17). The maximum absolute atomic E-state index is 10.7. The van der Waals surface area contributed by atoms with Gasteiger partial charge in [-0.3, -0.25) is 5.10 Å². The number of carboxylic acid groups (broad SMARTS) is 1. The number of nitrogens with zero attached hydrogens (tertiary/aromatic N) is 1. The molecule has 0 bridgehead atoms. The quantitative estimate of drug-likeness (QED) is 0.852. The van der Waals surface area contributed by atoms with E-state index in [-0.39, 0.29) is 5.69 Å². The van der Waals surface area contributed by atoms with E-state index in [4.69, 9.17) is 5.11 Å². The van der Waals surface area contributed by atoms with E-state index < -0.39 is 5.97 Å². The lowest BCUT2D eigenvalue weighted by Crippen LogP contribution is -1.95. The van der Waals surface area contributed by atoms with Crippen LogP contribution >= 0.6 is 0 Å². The molecule has 0 atom stereocenters. The van der Waals surface area contributed by atoms with E-state index in [0.29, 0.717) is 11.6 Å². The number of H-pyrrole nitrogens is 1. The third-order valence-corrected chi connectivity index (χ3v) is 2.66. The number of aromatic nitrogens is 2. The molecule has 1 aromatic heterocycles. The van der Waals surface area contributed by atoms with Crippen molar-refractivity contribution < 1.29 is 9.90 Å². The van der Waals surface area contributed by atoms with Crippen LogP contribution in [0, 0.1) is 0 Å². The highest BCUT2D eigenvalue weighted by Crippen LogP contribution is 2.22. The van der Waals surface area contributed by atoms with Gasteiger partial charge < -0.3 is 5.11 Å². The summed E-state index contributed by atoms with van der Waals surface area (Å²) in [6.07, 6.45) is 0. The minimum absolute atomic E-state index is 0.106. The van der Waals surface area contributed by atoms with E-state index in [0.717, 1.165) is 5.56 Å². The zero-order valence-electron chi connectivity index (χ0n) is 9.77. The van der Waals surface area contributed by atoms with Crippen LogP contribution in [0.15, 0.2) is 30.3 Å². The Kier molecular flexibility index (Phi) is 2.95. The molecule has 0 aliphatic rings. The maximum Gasteiger partial charge on any atom is 0.353 e. The number of aromatic carboxylic acids is 1. The predicted molar refractivity (Wildman–Crippen MR) is 65.1 cm³/mol. The predicted octanol–water partition coefficient (Wildman–Crippen LogP) is 2.90. The van der Waals surface area contributed by atoms with Crippen molar-refractivity contribution in [2.24, 2.45) is 0 Å². The van der Waals surface area contributed by atoms with Crippen molar-refractivity contribution in [1.29, 1.82) is 0 Å². The van der Waals surface area contributed by atoms with Gasteiger partial charge >= 0.3 is 5.97 Å². The average Bonchev–Trinajstić information content (AvgIpc) is 2.78. The second-order valence-electron chi connectivity index (χ2n) is 4.25. The van der Waals surface area contributed by atoms with Crippen molar-refractivity contribution in [1.82, 2.24) is 10.2 Å². The highest BCUT2D eigenvalue weighted by atomic mass is 16.4. The van der Waals surface area contributed by atoms with E-state index in [1.54, 1.807) is 6.07 Å². The molecule has 1 aromatic carbocycles. The van der Waals surface area contributed by atoms with Crippen LogP contribution in [0.5, 0.6) is 0 Å². The van der Waals surface area contributed by atoms with Crippen molar-refractivity contribution in [2.45, 2.75) is 19.8 Å². The average molecular weight is 230 g/mol. The van der Waals surface area contributed by atoms with E-state index in [9.17, 15) is 4.79 Å². The van der Waals surface area contributed by atoms with Crippen LogP contribution in [0.25, 0.3) is 11.3 Å². The van der Waals surface area contributed by atoms with Gasteiger partial charge in [0.1, 0.15) is 5.69 Å². The molecular weight excluding hydrogens is 216 g/mol. The third kappa shape index (κ3) is 2.36. The SMILES string of the molecule is CC(C)c1cccc(-c2cc(C(=O)O)[nH]n2)c1. The van der Waals surface area contributed by atoms with Crippen LogP contribution in [0.1, 0.15) is 35.8 Å². The lowest BCUT2D eigenvalue weighted by atomic mass is 10.00. The Morgan fingerprint density at radius 1 is 1.35 bits per heavy atom. The number of benzene rings is 1. The van der Waals surface area contributed by atoms with Crippen LogP contribution in [0.4, 0.5) is 0 Å². The van der Waals surface area contributed by atoms with Gasteiger partial charge in [-0.2, -0.15) is 5.10 Å². The lowest BCUT2D eigenvalue weighted by Gasteiger charge is -2.06. The molecule has 4 heteroatoms. The largest absolute Gasteiger partial charge is 0.477 e. The Bertz CT molecular complexity index is 544. The molecule has 0 aliphatic carbocycles. The summed E-state index contributed by atoms with van der Waals surface area (Å²) >= 11 is 0. The summed E-state index contributed by atoms with van der Waals surface area (Å²) in [6, 6.07) is 9.51. The van der Waals surface area contributed by atoms with Crippen molar-refractivity contribution in [3.63, 3.8) is 0 Å². The summed E-state index contributed by atoms with van der Waals surface area (Å²) in [6.45, 7) is 4.23. The van der Waals surface area contributed by atoms with Crippen LogP contribution in [-0.2, 0) is 0 Å². The van der Waals surface area contributed by atoms with Crippen LogP contribution in [0.2, 0.25) is 0 Å². The molecule has 0 fully saturated rings. The van der Waals surface area contributed by atoms with Gasteiger partial charge in [-0.25, -0.2) is 4.79 Å². The first-order valence-electron chi connectivity index (χ1n) is 5.47. The topological polar surface area (TPSA) is 66.0 Å². The zero-order chi connectivity index (χ0) is 12.4. The summed E-state index contributed by atoms with van der Waals surface area (Å²) in [5, 5.41) is 15.3. The molecular formula is C13H14N2O2. The normalized spacial score (nSPS) is 10.8. The molecule has 0 aliphatic heterocycles. The molecule has 0 saturated carbocycles. The molecule has 0 radical (unpaired) electrons. The van der Waals surface area contributed by atoms with Crippen molar-refractivity contribution in [3.8, 4) is 11.3 Å². The number of carbonyl (C=O) groups is 1. The van der Waals surface area contributed by atoms with Gasteiger partial charge in [0.05, 0.1) is 5.69 Å². The molecule has 88 valence electrons. The van der Waals surface area contributed by atoms with Gasteiger partial charge in [0.15, 0.2) is 0 Å². The molecule has 0 unspecified atom stereocenters. The first-order chi connectivity index (χ1) is 8.08. The van der Waals surface area contributed by atoms with Crippen molar-refractivity contribution >= 4 is 5.97 Å². The fourth-order valence-electron chi connectivity index (χ4n) is 1.64. The fraction of sp³-hybridized carbons (Fsp3) is 0.231. The van der Waals surface area contributed by atoms with E-state index in [2.05, 4.69) is 30.1 Å². The minimum Gasteiger partial charge on any atom is -0.477 e.